The van der Waals surface area contributed by atoms with E-state index in [1.165, 1.54) is 38.5 Å². The lowest BCUT2D eigenvalue weighted by Gasteiger charge is -2.42. The first-order chi connectivity index (χ1) is 7.76. The van der Waals surface area contributed by atoms with E-state index in [2.05, 4.69) is 12.2 Å². The maximum atomic E-state index is 12.0. The molecule has 1 aliphatic heterocycles. The maximum Gasteiger partial charge on any atom is 0.236 e. The second-order valence-electron chi connectivity index (χ2n) is 5.28. The molecular formula is C13H24N2O. The van der Waals surface area contributed by atoms with Gasteiger partial charge < -0.3 is 10.2 Å². The van der Waals surface area contributed by atoms with Crippen LogP contribution >= 0.6 is 0 Å². The van der Waals surface area contributed by atoms with Crippen molar-refractivity contribution in [2.75, 3.05) is 19.6 Å². The average Bonchev–Trinajstić information content (AvgIpc) is 2.29. The summed E-state index contributed by atoms with van der Waals surface area (Å²) < 4.78 is 0. The van der Waals surface area contributed by atoms with E-state index in [9.17, 15) is 4.79 Å². The Bertz CT molecular complexity index is 237. The number of nitrogens with one attached hydrogen (secondary N) is 1. The summed E-state index contributed by atoms with van der Waals surface area (Å²) in [7, 11) is 0. The molecule has 0 spiro atoms. The Hall–Kier alpha value is -0.570. The van der Waals surface area contributed by atoms with E-state index < -0.39 is 0 Å². The number of hydrogen-bond acceptors (Lipinski definition) is 2. The molecule has 0 unspecified atom stereocenters. The number of rotatable bonds is 4. The number of hydrogen-bond donors (Lipinski definition) is 1. The quantitative estimate of drug-likeness (QED) is 0.791. The van der Waals surface area contributed by atoms with Crippen molar-refractivity contribution in [2.24, 2.45) is 0 Å². The fraction of sp³-hybridized carbons (Fsp3) is 0.923. The van der Waals surface area contributed by atoms with Crippen molar-refractivity contribution in [1.29, 1.82) is 0 Å². The number of carbonyl (C=O) groups excluding carboxylic acids is 1. The van der Waals surface area contributed by atoms with Gasteiger partial charge in [-0.05, 0) is 44.9 Å². The van der Waals surface area contributed by atoms with Gasteiger partial charge in [0.2, 0.25) is 5.91 Å². The molecular weight excluding hydrogens is 200 g/mol. The first-order valence-corrected chi connectivity index (χ1v) is 6.79. The van der Waals surface area contributed by atoms with Crippen LogP contribution in [0.1, 0.15) is 51.9 Å². The Labute approximate surface area is 98.6 Å². The molecule has 2 aliphatic rings. The summed E-state index contributed by atoms with van der Waals surface area (Å²) >= 11 is 0. The molecule has 92 valence electrons. The standard InChI is InChI=1S/C13H24N2O/c1-2-13(7-6-8-13)14-11-12(16)15-9-4-3-5-10-15/h14H,2-11H2,1H3. The monoisotopic (exact) mass is 224 g/mol. The van der Waals surface area contributed by atoms with Gasteiger partial charge in [0.25, 0.3) is 0 Å². The zero-order valence-electron chi connectivity index (χ0n) is 10.4. The minimum atomic E-state index is 0.297. The van der Waals surface area contributed by atoms with Crippen molar-refractivity contribution >= 4 is 5.91 Å². The predicted molar refractivity (Wildman–Crippen MR) is 65.3 cm³/mol. The molecule has 1 amide bonds. The molecule has 3 heteroatoms. The number of carbonyl (C=O) groups is 1. The minimum Gasteiger partial charge on any atom is -0.342 e. The van der Waals surface area contributed by atoms with Crippen LogP contribution in [-0.4, -0.2) is 36.0 Å². The van der Waals surface area contributed by atoms with Gasteiger partial charge in [-0.15, -0.1) is 0 Å². The second-order valence-corrected chi connectivity index (χ2v) is 5.28. The molecule has 0 aromatic heterocycles. The Morgan fingerprint density at radius 3 is 2.38 bits per heavy atom. The SMILES string of the molecule is CCC1(NCC(=O)N2CCCCC2)CCC1. The average molecular weight is 224 g/mol. The molecule has 2 rings (SSSR count). The van der Waals surface area contributed by atoms with Crippen LogP contribution in [0.25, 0.3) is 0 Å². The van der Waals surface area contributed by atoms with Crippen LogP contribution in [0.5, 0.6) is 0 Å². The molecule has 0 atom stereocenters. The summed E-state index contributed by atoms with van der Waals surface area (Å²) in [5, 5.41) is 3.49. The van der Waals surface area contributed by atoms with E-state index >= 15 is 0 Å². The van der Waals surface area contributed by atoms with Crippen molar-refractivity contribution in [3.8, 4) is 0 Å². The smallest absolute Gasteiger partial charge is 0.236 e. The van der Waals surface area contributed by atoms with Crippen LogP contribution in [0, 0.1) is 0 Å². The fourth-order valence-electron chi connectivity index (χ4n) is 2.78. The highest BCUT2D eigenvalue weighted by molar-refractivity contribution is 5.78. The predicted octanol–water partition coefficient (Wildman–Crippen LogP) is 1.92. The van der Waals surface area contributed by atoms with Crippen LogP contribution in [0.2, 0.25) is 0 Å². The molecule has 0 bridgehead atoms. The molecule has 1 aliphatic carbocycles. The molecule has 3 nitrogen and oxygen atoms in total. The van der Waals surface area contributed by atoms with Gasteiger partial charge in [-0.2, -0.15) is 0 Å². The van der Waals surface area contributed by atoms with E-state index in [1.54, 1.807) is 0 Å². The van der Waals surface area contributed by atoms with Gasteiger partial charge in [-0.1, -0.05) is 6.92 Å². The van der Waals surface area contributed by atoms with Gasteiger partial charge in [0.15, 0.2) is 0 Å². The largest absolute Gasteiger partial charge is 0.342 e. The minimum absolute atomic E-state index is 0.297. The van der Waals surface area contributed by atoms with E-state index in [-0.39, 0.29) is 0 Å². The first kappa shape index (κ1) is 11.9. The zero-order valence-corrected chi connectivity index (χ0v) is 10.4. The molecule has 1 saturated heterocycles. The molecule has 1 N–H and O–H groups in total. The highest BCUT2D eigenvalue weighted by atomic mass is 16.2. The fourth-order valence-corrected chi connectivity index (χ4v) is 2.78. The first-order valence-electron chi connectivity index (χ1n) is 6.79. The Balaban J connectivity index is 1.74. The van der Waals surface area contributed by atoms with Crippen LogP contribution in [0.3, 0.4) is 0 Å². The molecule has 16 heavy (non-hydrogen) atoms. The molecule has 2 fully saturated rings. The van der Waals surface area contributed by atoms with Crippen molar-refractivity contribution < 1.29 is 4.79 Å². The van der Waals surface area contributed by atoms with Gasteiger partial charge in [-0.3, -0.25) is 4.79 Å². The van der Waals surface area contributed by atoms with Crippen molar-refractivity contribution in [3.05, 3.63) is 0 Å². The summed E-state index contributed by atoms with van der Waals surface area (Å²) in [6, 6.07) is 0. The van der Waals surface area contributed by atoms with Gasteiger partial charge in [0, 0.05) is 18.6 Å². The number of piperidine rings is 1. The summed E-state index contributed by atoms with van der Waals surface area (Å²) in [6.45, 7) is 4.71. The van der Waals surface area contributed by atoms with Gasteiger partial charge in [0.1, 0.15) is 0 Å². The van der Waals surface area contributed by atoms with Gasteiger partial charge in [0.05, 0.1) is 6.54 Å². The van der Waals surface area contributed by atoms with Crippen molar-refractivity contribution in [1.82, 2.24) is 10.2 Å². The number of amides is 1. The maximum absolute atomic E-state index is 12.0. The van der Waals surface area contributed by atoms with E-state index in [4.69, 9.17) is 0 Å². The number of likely N-dealkylation sites (tertiary alicyclic amines) is 1. The Morgan fingerprint density at radius 1 is 1.19 bits per heavy atom. The highest BCUT2D eigenvalue weighted by Gasteiger charge is 2.35. The lowest BCUT2D eigenvalue weighted by Crippen LogP contribution is -2.54. The van der Waals surface area contributed by atoms with Crippen LogP contribution in [0.4, 0.5) is 0 Å². The van der Waals surface area contributed by atoms with E-state index in [0.29, 0.717) is 18.0 Å². The molecule has 0 radical (unpaired) electrons. The molecule has 1 saturated carbocycles. The van der Waals surface area contributed by atoms with Crippen LogP contribution < -0.4 is 5.32 Å². The van der Waals surface area contributed by atoms with Gasteiger partial charge >= 0.3 is 0 Å². The summed E-state index contributed by atoms with van der Waals surface area (Å²) in [4.78, 5) is 14.0. The molecule has 1 heterocycles. The highest BCUT2D eigenvalue weighted by Crippen LogP contribution is 2.34. The van der Waals surface area contributed by atoms with E-state index in [1.807, 2.05) is 4.90 Å². The normalized spacial score (nSPS) is 23.9. The third kappa shape index (κ3) is 2.57. The lowest BCUT2D eigenvalue weighted by molar-refractivity contribution is -0.131. The van der Waals surface area contributed by atoms with Crippen LogP contribution in [-0.2, 0) is 4.79 Å². The van der Waals surface area contributed by atoms with Gasteiger partial charge in [-0.25, -0.2) is 0 Å². The molecule has 0 aromatic carbocycles. The second kappa shape index (κ2) is 5.17. The molecule has 0 aromatic rings. The van der Waals surface area contributed by atoms with E-state index in [0.717, 1.165) is 19.5 Å². The Kier molecular flexibility index (Phi) is 3.85. The third-order valence-electron chi connectivity index (χ3n) is 4.31. The topological polar surface area (TPSA) is 32.3 Å². The summed E-state index contributed by atoms with van der Waals surface area (Å²) in [5.74, 6) is 0.305. The van der Waals surface area contributed by atoms with Crippen molar-refractivity contribution in [2.45, 2.75) is 57.4 Å². The third-order valence-corrected chi connectivity index (χ3v) is 4.31. The summed E-state index contributed by atoms with van der Waals surface area (Å²) in [6.07, 6.45) is 8.62. The Morgan fingerprint density at radius 2 is 1.88 bits per heavy atom. The lowest BCUT2D eigenvalue weighted by atomic mass is 9.75. The number of nitrogens with zero attached hydrogens (tertiary/aromatic N) is 1. The van der Waals surface area contributed by atoms with Crippen molar-refractivity contribution in [3.63, 3.8) is 0 Å². The summed E-state index contributed by atoms with van der Waals surface area (Å²) in [5.41, 5.74) is 0.297. The zero-order chi connectivity index (χ0) is 11.4. The van der Waals surface area contributed by atoms with Crippen LogP contribution in [0.15, 0.2) is 0 Å².